The van der Waals surface area contributed by atoms with Gasteiger partial charge in [0.15, 0.2) is 0 Å². The van der Waals surface area contributed by atoms with Crippen molar-refractivity contribution in [3.8, 4) is 0 Å². The van der Waals surface area contributed by atoms with E-state index in [1.54, 1.807) is 30.5 Å². The third-order valence-corrected chi connectivity index (χ3v) is 4.43. The lowest BCUT2D eigenvalue weighted by atomic mass is 10.3. The number of rotatable bonds is 7. The van der Waals surface area contributed by atoms with Gasteiger partial charge in [-0.15, -0.1) is 0 Å². The van der Waals surface area contributed by atoms with Crippen molar-refractivity contribution in [2.75, 3.05) is 11.9 Å². The summed E-state index contributed by atoms with van der Waals surface area (Å²) in [5, 5.41) is 7.35. The molecule has 7 heteroatoms. The first-order valence-corrected chi connectivity index (χ1v) is 8.42. The second kappa shape index (κ2) is 6.73. The van der Waals surface area contributed by atoms with E-state index < -0.39 is 10.0 Å². The molecule has 0 radical (unpaired) electrons. The van der Waals surface area contributed by atoms with Crippen LogP contribution in [0, 0.1) is 0 Å². The predicted octanol–water partition coefficient (Wildman–Crippen LogP) is 2.33. The van der Waals surface area contributed by atoms with Crippen LogP contribution < -0.4 is 10.0 Å². The molecule has 1 heterocycles. The van der Waals surface area contributed by atoms with Gasteiger partial charge in [0.2, 0.25) is 10.0 Å². The average molecular weight is 308 g/mol. The summed E-state index contributed by atoms with van der Waals surface area (Å²) < 4.78 is 28.3. The topological polar surface area (TPSA) is 76.0 Å². The van der Waals surface area contributed by atoms with Crippen LogP contribution in [0.4, 0.5) is 11.4 Å². The number of aromatic nitrogens is 2. The molecule has 0 atom stereocenters. The Morgan fingerprint density at radius 2 is 1.86 bits per heavy atom. The van der Waals surface area contributed by atoms with E-state index in [4.69, 9.17) is 0 Å². The Balaban J connectivity index is 2.08. The highest BCUT2D eigenvalue weighted by Crippen LogP contribution is 2.18. The van der Waals surface area contributed by atoms with Gasteiger partial charge >= 0.3 is 0 Å². The Hall–Kier alpha value is -1.86. The molecule has 0 bridgehead atoms. The normalized spacial score (nSPS) is 11.5. The van der Waals surface area contributed by atoms with Crippen LogP contribution in [0.2, 0.25) is 0 Å². The van der Waals surface area contributed by atoms with Gasteiger partial charge in [0.1, 0.15) is 0 Å². The Morgan fingerprint density at radius 3 is 2.43 bits per heavy atom. The molecule has 114 valence electrons. The van der Waals surface area contributed by atoms with Gasteiger partial charge in [0.25, 0.3) is 0 Å². The minimum absolute atomic E-state index is 0.269. The SMILES string of the molecule is CCCNS(=O)(=O)c1ccc(Nc2cnn(CC)c2)cc1. The quantitative estimate of drug-likeness (QED) is 0.823. The van der Waals surface area contributed by atoms with Crippen LogP contribution in [0.25, 0.3) is 0 Å². The standard InChI is InChI=1S/C14H20N4O2S/c1-3-9-16-21(19,20)14-7-5-12(6-8-14)17-13-10-15-18(4-2)11-13/h5-8,10-11,16-17H,3-4,9H2,1-2H3. The highest BCUT2D eigenvalue weighted by molar-refractivity contribution is 7.89. The Labute approximate surface area is 125 Å². The molecule has 0 saturated carbocycles. The van der Waals surface area contributed by atoms with Gasteiger partial charge in [0.05, 0.1) is 16.8 Å². The summed E-state index contributed by atoms with van der Waals surface area (Å²) in [6, 6.07) is 6.66. The minimum atomic E-state index is -3.41. The molecule has 0 amide bonds. The van der Waals surface area contributed by atoms with Gasteiger partial charge in [-0.25, -0.2) is 13.1 Å². The van der Waals surface area contributed by atoms with Crippen molar-refractivity contribution < 1.29 is 8.42 Å². The van der Waals surface area contributed by atoms with Gasteiger partial charge in [0, 0.05) is 25.0 Å². The predicted molar refractivity (Wildman–Crippen MR) is 83.1 cm³/mol. The fourth-order valence-corrected chi connectivity index (χ4v) is 2.94. The number of aryl methyl sites for hydroxylation is 1. The highest BCUT2D eigenvalue weighted by atomic mass is 32.2. The number of nitrogens with one attached hydrogen (secondary N) is 2. The Morgan fingerprint density at radius 1 is 1.14 bits per heavy atom. The van der Waals surface area contributed by atoms with Gasteiger partial charge < -0.3 is 5.32 Å². The summed E-state index contributed by atoms with van der Waals surface area (Å²) in [6.07, 6.45) is 4.39. The van der Waals surface area contributed by atoms with Crippen molar-refractivity contribution in [3.63, 3.8) is 0 Å². The molecule has 2 N–H and O–H groups in total. The monoisotopic (exact) mass is 308 g/mol. The van der Waals surface area contributed by atoms with E-state index in [2.05, 4.69) is 15.1 Å². The van der Waals surface area contributed by atoms with Crippen LogP contribution in [0.15, 0.2) is 41.6 Å². The molecule has 1 aromatic heterocycles. The first-order valence-electron chi connectivity index (χ1n) is 6.94. The van der Waals surface area contributed by atoms with E-state index in [1.807, 2.05) is 24.7 Å². The molecule has 0 aliphatic rings. The zero-order valence-corrected chi connectivity index (χ0v) is 13.0. The van der Waals surface area contributed by atoms with Gasteiger partial charge in [-0.3, -0.25) is 4.68 Å². The molecule has 2 aromatic rings. The zero-order chi connectivity index (χ0) is 15.3. The summed E-state index contributed by atoms with van der Waals surface area (Å²) in [7, 11) is -3.41. The van der Waals surface area contributed by atoms with Crippen molar-refractivity contribution in [2.45, 2.75) is 31.7 Å². The van der Waals surface area contributed by atoms with Crippen LogP contribution in [0.5, 0.6) is 0 Å². The second-order valence-corrected chi connectivity index (χ2v) is 6.40. The lowest BCUT2D eigenvalue weighted by molar-refractivity contribution is 0.581. The molecule has 0 aliphatic carbocycles. The van der Waals surface area contributed by atoms with Crippen LogP contribution in [0.1, 0.15) is 20.3 Å². The van der Waals surface area contributed by atoms with E-state index in [9.17, 15) is 8.42 Å². The maximum Gasteiger partial charge on any atom is 0.240 e. The maximum atomic E-state index is 12.0. The van der Waals surface area contributed by atoms with Crippen LogP contribution >= 0.6 is 0 Å². The van der Waals surface area contributed by atoms with Crippen LogP contribution in [-0.4, -0.2) is 24.7 Å². The van der Waals surface area contributed by atoms with Crippen molar-refractivity contribution in [1.29, 1.82) is 0 Å². The summed E-state index contributed by atoms with van der Waals surface area (Å²) in [5.41, 5.74) is 1.69. The number of hydrogen-bond acceptors (Lipinski definition) is 4. The molecule has 0 aliphatic heterocycles. The van der Waals surface area contributed by atoms with Crippen molar-refractivity contribution >= 4 is 21.4 Å². The van der Waals surface area contributed by atoms with E-state index in [1.165, 1.54) is 0 Å². The third-order valence-electron chi connectivity index (χ3n) is 2.95. The Bertz CT molecular complexity index is 677. The summed E-state index contributed by atoms with van der Waals surface area (Å²) in [4.78, 5) is 0.269. The summed E-state index contributed by atoms with van der Waals surface area (Å²) in [5.74, 6) is 0. The third kappa shape index (κ3) is 4.05. The van der Waals surface area contributed by atoms with Gasteiger partial charge in [-0.2, -0.15) is 5.10 Å². The summed E-state index contributed by atoms with van der Waals surface area (Å²) >= 11 is 0. The van der Waals surface area contributed by atoms with Gasteiger partial charge in [-0.1, -0.05) is 6.92 Å². The summed E-state index contributed by atoms with van der Waals surface area (Å²) in [6.45, 7) is 5.19. The molecule has 0 spiro atoms. The van der Waals surface area contributed by atoms with Crippen molar-refractivity contribution in [3.05, 3.63) is 36.7 Å². The largest absolute Gasteiger partial charge is 0.353 e. The fourth-order valence-electron chi connectivity index (χ4n) is 1.80. The van der Waals surface area contributed by atoms with Crippen molar-refractivity contribution in [2.24, 2.45) is 0 Å². The number of hydrogen-bond donors (Lipinski definition) is 2. The Kier molecular flexibility index (Phi) is 4.98. The smallest absolute Gasteiger partial charge is 0.240 e. The molecule has 0 unspecified atom stereocenters. The van der Waals surface area contributed by atoms with E-state index >= 15 is 0 Å². The van der Waals surface area contributed by atoms with E-state index in [0.29, 0.717) is 6.54 Å². The van der Waals surface area contributed by atoms with Crippen molar-refractivity contribution in [1.82, 2.24) is 14.5 Å². The molecule has 1 aromatic carbocycles. The van der Waals surface area contributed by atoms with Gasteiger partial charge in [-0.05, 0) is 37.6 Å². The second-order valence-electron chi connectivity index (χ2n) is 4.63. The number of benzene rings is 1. The number of nitrogens with zero attached hydrogens (tertiary/aromatic N) is 2. The van der Waals surface area contributed by atoms with E-state index in [0.717, 1.165) is 24.3 Å². The molecular weight excluding hydrogens is 288 g/mol. The first-order chi connectivity index (χ1) is 10.0. The lowest BCUT2D eigenvalue weighted by Gasteiger charge is -2.07. The minimum Gasteiger partial charge on any atom is -0.353 e. The molecule has 2 rings (SSSR count). The van der Waals surface area contributed by atoms with Crippen LogP contribution in [-0.2, 0) is 16.6 Å². The first kappa shape index (κ1) is 15.5. The zero-order valence-electron chi connectivity index (χ0n) is 12.2. The molecule has 6 nitrogen and oxygen atoms in total. The molecule has 0 fully saturated rings. The van der Waals surface area contributed by atoms with E-state index in [-0.39, 0.29) is 4.90 Å². The number of sulfonamides is 1. The average Bonchev–Trinajstić information content (AvgIpc) is 2.93. The maximum absolute atomic E-state index is 12.0. The molecular formula is C14H20N4O2S. The van der Waals surface area contributed by atoms with Crippen LogP contribution in [0.3, 0.4) is 0 Å². The number of anilines is 2. The molecule has 21 heavy (non-hydrogen) atoms. The lowest BCUT2D eigenvalue weighted by Crippen LogP contribution is -2.24. The molecule has 0 saturated heterocycles. The highest BCUT2D eigenvalue weighted by Gasteiger charge is 2.12. The fraction of sp³-hybridized carbons (Fsp3) is 0.357.